The lowest BCUT2D eigenvalue weighted by Gasteiger charge is -2.21. The third-order valence-electron chi connectivity index (χ3n) is 2.52. The van der Waals surface area contributed by atoms with Gasteiger partial charge in [0.25, 0.3) is 0 Å². The van der Waals surface area contributed by atoms with Gasteiger partial charge in [0.15, 0.2) is 0 Å². The van der Waals surface area contributed by atoms with Crippen LogP contribution in [0.2, 0.25) is 19.6 Å². The van der Waals surface area contributed by atoms with Gasteiger partial charge in [0.05, 0.1) is 12.4 Å². The molecule has 0 saturated carbocycles. The number of allylic oxidation sites excluding steroid dienone is 2. The molecule has 0 fully saturated rings. The van der Waals surface area contributed by atoms with E-state index in [1.54, 1.807) is 6.08 Å². The van der Waals surface area contributed by atoms with E-state index in [0.29, 0.717) is 6.61 Å². The first-order valence-corrected chi connectivity index (χ1v) is 10.1. The molecule has 0 radical (unpaired) electrons. The number of carbonyl (C=O) groups is 1. The van der Waals surface area contributed by atoms with Gasteiger partial charge in [-0.15, -0.1) is 0 Å². The van der Waals surface area contributed by atoms with Crippen molar-refractivity contribution in [3.8, 4) is 0 Å². The highest BCUT2D eigenvalue weighted by molar-refractivity contribution is 6.70. The molecule has 18 heavy (non-hydrogen) atoms. The van der Waals surface area contributed by atoms with Gasteiger partial charge in [0, 0.05) is 12.5 Å². The smallest absolute Gasteiger partial charge is 0.330 e. The Morgan fingerprint density at radius 2 is 2.17 bits per heavy atom. The minimum atomic E-state index is -1.56. The molecule has 0 bridgehead atoms. The predicted octanol–water partition coefficient (Wildman–Crippen LogP) is 3.79. The molecular weight excluding hydrogens is 244 g/mol. The zero-order valence-corrected chi connectivity index (χ0v) is 12.9. The maximum absolute atomic E-state index is 11.5. The summed E-state index contributed by atoms with van der Waals surface area (Å²) in [6.07, 6.45) is 7.61. The highest BCUT2D eigenvalue weighted by Gasteiger charge is 2.19. The summed E-state index contributed by atoms with van der Waals surface area (Å²) < 4.78 is 11.0. The third-order valence-corrected chi connectivity index (χ3v) is 3.40. The average Bonchev–Trinajstić information content (AvgIpc) is 2.41. The van der Waals surface area contributed by atoms with E-state index in [9.17, 15) is 4.79 Å². The Bertz CT molecular complexity index is 351. The molecule has 4 heteroatoms. The van der Waals surface area contributed by atoms with Crippen LogP contribution in [0.1, 0.15) is 32.6 Å². The van der Waals surface area contributed by atoms with Crippen molar-refractivity contribution in [2.45, 2.75) is 52.2 Å². The lowest BCUT2D eigenvalue weighted by molar-refractivity contribution is -0.137. The van der Waals surface area contributed by atoms with Crippen LogP contribution in [0, 0.1) is 0 Å². The summed E-state index contributed by atoms with van der Waals surface area (Å²) >= 11 is 0. The van der Waals surface area contributed by atoms with Crippen molar-refractivity contribution >= 4 is 14.3 Å². The maximum Gasteiger partial charge on any atom is 0.330 e. The monoisotopic (exact) mass is 268 g/mol. The fourth-order valence-electron chi connectivity index (χ4n) is 1.92. The van der Waals surface area contributed by atoms with Gasteiger partial charge in [-0.05, 0) is 51.9 Å². The lowest BCUT2D eigenvalue weighted by atomic mass is 10.1. The summed E-state index contributed by atoms with van der Waals surface area (Å²) in [5.74, 6) is 0.795. The highest BCUT2D eigenvalue weighted by Crippen LogP contribution is 2.25. The highest BCUT2D eigenvalue weighted by atomic mass is 28.4. The van der Waals surface area contributed by atoms with E-state index >= 15 is 0 Å². The molecule has 0 aromatic rings. The number of hydrogen-bond donors (Lipinski definition) is 0. The molecule has 1 aliphatic carbocycles. The van der Waals surface area contributed by atoms with E-state index in [4.69, 9.17) is 9.16 Å². The normalized spacial score (nSPS) is 19.1. The van der Waals surface area contributed by atoms with Gasteiger partial charge >= 0.3 is 5.97 Å². The molecule has 0 saturated heterocycles. The van der Waals surface area contributed by atoms with E-state index < -0.39 is 8.32 Å². The number of ether oxygens (including phenoxy) is 1. The molecule has 0 heterocycles. The van der Waals surface area contributed by atoms with Crippen LogP contribution in [0.15, 0.2) is 23.5 Å². The molecule has 1 aliphatic rings. The number of carbonyl (C=O) groups excluding carboxylic acids is 1. The summed E-state index contributed by atoms with van der Waals surface area (Å²) in [6.45, 7) is 8.77. The summed E-state index contributed by atoms with van der Waals surface area (Å²) in [6, 6.07) is 0. The number of esters is 1. The van der Waals surface area contributed by atoms with Gasteiger partial charge in [-0.1, -0.05) is 5.57 Å². The topological polar surface area (TPSA) is 35.5 Å². The molecule has 0 aliphatic heterocycles. The largest absolute Gasteiger partial charge is 0.547 e. The Labute approximate surface area is 111 Å². The Hall–Kier alpha value is -1.03. The lowest BCUT2D eigenvalue weighted by Crippen LogP contribution is -2.24. The van der Waals surface area contributed by atoms with Gasteiger partial charge in [0.2, 0.25) is 8.32 Å². The van der Waals surface area contributed by atoms with Crippen molar-refractivity contribution in [3.05, 3.63) is 23.5 Å². The molecule has 0 amide bonds. The van der Waals surface area contributed by atoms with Crippen LogP contribution in [0.3, 0.4) is 0 Å². The fourth-order valence-corrected chi connectivity index (χ4v) is 2.86. The second-order valence-electron chi connectivity index (χ2n) is 5.51. The fraction of sp³-hybridized carbons (Fsp3) is 0.643. The maximum atomic E-state index is 11.5. The molecule has 0 N–H and O–H groups in total. The van der Waals surface area contributed by atoms with E-state index in [2.05, 4.69) is 25.7 Å². The molecule has 3 nitrogen and oxygen atoms in total. The first-order valence-electron chi connectivity index (χ1n) is 6.65. The van der Waals surface area contributed by atoms with Gasteiger partial charge in [-0.2, -0.15) is 0 Å². The second kappa shape index (κ2) is 6.78. The van der Waals surface area contributed by atoms with Crippen LogP contribution >= 0.6 is 0 Å². The first kappa shape index (κ1) is 15.0. The van der Waals surface area contributed by atoms with Crippen molar-refractivity contribution < 1.29 is 14.0 Å². The van der Waals surface area contributed by atoms with Crippen LogP contribution in [0.25, 0.3) is 0 Å². The van der Waals surface area contributed by atoms with E-state index in [1.165, 1.54) is 0 Å². The second-order valence-corrected chi connectivity index (χ2v) is 9.94. The van der Waals surface area contributed by atoms with Crippen LogP contribution in [0.4, 0.5) is 0 Å². The predicted molar refractivity (Wildman–Crippen MR) is 75.7 cm³/mol. The molecular formula is C14H24O3Si. The molecule has 0 atom stereocenters. The van der Waals surface area contributed by atoms with Crippen LogP contribution in [0.5, 0.6) is 0 Å². The van der Waals surface area contributed by atoms with Crippen LogP contribution < -0.4 is 0 Å². The number of hydrogen-bond acceptors (Lipinski definition) is 3. The minimum absolute atomic E-state index is 0.234. The van der Waals surface area contributed by atoms with Crippen molar-refractivity contribution in [1.29, 1.82) is 0 Å². The minimum Gasteiger partial charge on any atom is -0.547 e. The summed E-state index contributed by atoms with van der Waals surface area (Å²) in [5.41, 5.74) is 1.12. The van der Waals surface area contributed by atoms with Gasteiger partial charge in [-0.25, -0.2) is 4.79 Å². The van der Waals surface area contributed by atoms with Crippen molar-refractivity contribution in [3.63, 3.8) is 0 Å². The summed E-state index contributed by atoms with van der Waals surface area (Å²) in [7, 11) is -1.56. The summed E-state index contributed by atoms with van der Waals surface area (Å²) in [4.78, 5) is 11.5. The molecule has 0 spiro atoms. The Kier molecular flexibility index (Phi) is 5.66. The van der Waals surface area contributed by atoms with Crippen LogP contribution in [-0.2, 0) is 14.0 Å². The van der Waals surface area contributed by atoms with Gasteiger partial charge in [-0.3, -0.25) is 0 Å². The van der Waals surface area contributed by atoms with Crippen LogP contribution in [-0.4, -0.2) is 20.9 Å². The Balaban J connectivity index is 2.68. The van der Waals surface area contributed by atoms with Gasteiger partial charge in [0.1, 0.15) is 0 Å². The Morgan fingerprint density at radius 3 is 2.78 bits per heavy atom. The number of rotatable bonds is 4. The zero-order chi connectivity index (χ0) is 13.6. The summed E-state index contributed by atoms with van der Waals surface area (Å²) in [5, 5.41) is 0. The van der Waals surface area contributed by atoms with E-state index in [0.717, 1.165) is 37.0 Å². The van der Waals surface area contributed by atoms with Crippen molar-refractivity contribution in [1.82, 2.24) is 0 Å². The van der Waals surface area contributed by atoms with E-state index in [1.807, 2.05) is 6.92 Å². The van der Waals surface area contributed by atoms with Crippen molar-refractivity contribution in [2.24, 2.45) is 0 Å². The SMILES string of the molecule is CCOC(=O)/C=C1/CCCC=C(O[Si](C)(C)C)C1. The Morgan fingerprint density at radius 1 is 1.44 bits per heavy atom. The first-order chi connectivity index (χ1) is 8.40. The standard InChI is InChI=1S/C14H24O3Si/c1-5-16-14(15)11-12-8-6-7-9-13(10-12)17-18(2,3)4/h9,11H,5-8,10H2,1-4H3/b12-11-. The van der Waals surface area contributed by atoms with E-state index in [-0.39, 0.29) is 5.97 Å². The molecule has 102 valence electrons. The molecule has 1 rings (SSSR count). The zero-order valence-electron chi connectivity index (χ0n) is 11.9. The molecule has 0 unspecified atom stereocenters. The quantitative estimate of drug-likeness (QED) is 0.442. The average molecular weight is 268 g/mol. The van der Waals surface area contributed by atoms with Crippen molar-refractivity contribution in [2.75, 3.05) is 6.61 Å². The molecule has 0 aromatic carbocycles. The third kappa shape index (κ3) is 6.05. The van der Waals surface area contributed by atoms with Gasteiger partial charge < -0.3 is 9.16 Å². The molecule has 0 aromatic heterocycles.